The number of nitrogens with one attached hydrogen (secondary N) is 2. The first-order chi connectivity index (χ1) is 17.8. The number of nitrogens with two attached hydrogens (primary N) is 1. The van der Waals surface area contributed by atoms with E-state index in [0.717, 1.165) is 32.9 Å². The van der Waals surface area contributed by atoms with Crippen molar-refractivity contribution in [2.75, 3.05) is 25.9 Å². The minimum Gasteiger partial charge on any atom is -0.0891 e. The van der Waals surface area contributed by atoms with Crippen molar-refractivity contribution in [3.63, 3.8) is 0 Å². The van der Waals surface area contributed by atoms with Crippen molar-refractivity contribution in [1.82, 2.24) is 13.4 Å². The predicted molar refractivity (Wildman–Crippen MR) is 152 cm³/mol. The van der Waals surface area contributed by atoms with E-state index in [-0.39, 0.29) is 18.2 Å². The molecule has 0 unspecified atom stereocenters. The van der Waals surface area contributed by atoms with Gasteiger partial charge in [0.2, 0.25) is 0 Å². The zero-order valence-electron chi connectivity index (χ0n) is 21.3. The summed E-state index contributed by atoms with van der Waals surface area (Å²) in [6, 6.07) is 13.6. The molecule has 7 nitrogen and oxygen atoms in total. The molecular weight excluding hydrogens is 598 g/mol. The van der Waals surface area contributed by atoms with Gasteiger partial charge >= 0.3 is 202 Å². The molecule has 2 aromatic carbocycles. The molecule has 1 aliphatic carbocycles. The van der Waals surface area contributed by atoms with Gasteiger partial charge in [-0.05, 0) is 12.5 Å². The summed E-state index contributed by atoms with van der Waals surface area (Å²) >= 11 is 4.31. The van der Waals surface area contributed by atoms with Gasteiger partial charge in [0.15, 0.2) is 0 Å². The number of nitrogen functional groups attached to an aromatic ring is 1. The average Bonchev–Trinajstić information content (AvgIpc) is 3.17. The average molecular weight is 630 g/mol. The topological polar surface area (TPSA) is 98.4 Å². The molecular formula is C28H32ClN4O3Sb. The second kappa shape index (κ2) is 12.2. The quantitative estimate of drug-likeness (QED) is 0.190. The van der Waals surface area contributed by atoms with Crippen LogP contribution in [-0.4, -0.2) is 57.1 Å². The normalized spacial score (nSPS) is 13.4. The number of fused-ring (bicyclic) bond motifs is 1. The van der Waals surface area contributed by atoms with E-state index in [2.05, 4.69) is 25.8 Å². The molecule has 0 bridgehead atoms. The summed E-state index contributed by atoms with van der Waals surface area (Å²) < 4.78 is 12.0. The number of rotatable bonds is 9. The number of aromatic nitrogens is 1. The number of methoxy groups -OCH3 is 1. The molecule has 1 amide bonds. The molecule has 0 spiro atoms. The molecule has 9 heteroatoms. The van der Waals surface area contributed by atoms with E-state index >= 15 is 0 Å². The predicted octanol–water partition coefficient (Wildman–Crippen LogP) is 3.80. The van der Waals surface area contributed by atoms with Crippen LogP contribution in [0.3, 0.4) is 0 Å². The van der Waals surface area contributed by atoms with Crippen molar-refractivity contribution in [3.05, 3.63) is 76.5 Å². The molecule has 4 N–H and O–H groups in total. The summed E-state index contributed by atoms with van der Waals surface area (Å²) in [5.41, 5.74) is 9.59. The first-order valence-electron chi connectivity index (χ1n) is 12.2. The summed E-state index contributed by atoms with van der Waals surface area (Å²) in [6.45, 7) is 3.12. The molecule has 4 rings (SSSR count). The van der Waals surface area contributed by atoms with E-state index in [1.54, 1.807) is 23.8 Å². The number of amides is 1. The third-order valence-corrected chi connectivity index (χ3v) is 11.9. The SMILES string of the molecule is COc1ccc2c(c1)c(CC(=O)NCC[NH][Sb]([CH3])[c]1ccc(N)cc1)c(C)n2C(=O)C1=CC=C(Cl)CC1. The van der Waals surface area contributed by atoms with Crippen LogP contribution in [0.1, 0.15) is 28.9 Å². The van der Waals surface area contributed by atoms with Crippen LogP contribution in [0.4, 0.5) is 5.69 Å². The molecule has 0 atom stereocenters. The number of halogens is 1. The summed E-state index contributed by atoms with van der Waals surface area (Å²) in [7, 11) is 1.61. The minimum atomic E-state index is -1.78. The Balaban J connectivity index is 1.47. The number of ether oxygens (including phenoxy) is 1. The van der Waals surface area contributed by atoms with Crippen LogP contribution in [-0.2, 0) is 11.2 Å². The third kappa shape index (κ3) is 6.40. The summed E-state index contributed by atoms with van der Waals surface area (Å²) in [4.78, 5) is 28.7. The van der Waals surface area contributed by atoms with Crippen LogP contribution in [0.2, 0.25) is 4.87 Å². The fourth-order valence-electron chi connectivity index (χ4n) is 4.45. The number of hydrogen-bond donors (Lipinski definition) is 3. The van der Waals surface area contributed by atoms with Gasteiger partial charge in [0.05, 0.1) is 0 Å². The maximum absolute atomic E-state index is 13.5. The smallest absolute Gasteiger partial charge is 0.0891 e. The van der Waals surface area contributed by atoms with Crippen LogP contribution in [0.5, 0.6) is 5.75 Å². The molecule has 0 radical (unpaired) electrons. The fourth-order valence-corrected chi connectivity index (χ4v) is 8.10. The Bertz CT molecular complexity index is 1380. The van der Waals surface area contributed by atoms with E-state index in [0.29, 0.717) is 37.3 Å². The Hall–Kier alpha value is -2.73. The van der Waals surface area contributed by atoms with Crippen molar-refractivity contribution >= 4 is 64.0 Å². The van der Waals surface area contributed by atoms with E-state index in [4.69, 9.17) is 22.1 Å². The van der Waals surface area contributed by atoms with Gasteiger partial charge in [-0.3, -0.25) is 0 Å². The van der Waals surface area contributed by atoms with E-state index in [1.165, 1.54) is 3.51 Å². The summed E-state index contributed by atoms with van der Waals surface area (Å²) in [5.74, 6) is 0.503. The third-order valence-electron chi connectivity index (χ3n) is 6.53. The Morgan fingerprint density at radius 1 is 1.11 bits per heavy atom. The Morgan fingerprint density at radius 3 is 2.54 bits per heavy atom. The van der Waals surface area contributed by atoms with Crippen LogP contribution in [0, 0.1) is 6.92 Å². The van der Waals surface area contributed by atoms with Crippen molar-refractivity contribution in [3.8, 4) is 5.75 Å². The van der Waals surface area contributed by atoms with E-state index in [9.17, 15) is 9.59 Å². The zero-order chi connectivity index (χ0) is 26.5. The number of carbonyl (C=O) groups is 2. The van der Waals surface area contributed by atoms with Gasteiger partial charge in [-0.15, -0.1) is 0 Å². The maximum atomic E-state index is 13.5. The number of nitrogens with zero attached hydrogens (tertiary/aromatic N) is 1. The number of hydrogen-bond acceptors (Lipinski definition) is 5. The van der Waals surface area contributed by atoms with E-state index < -0.39 is 20.5 Å². The monoisotopic (exact) mass is 628 g/mol. The standard InChI is InChI=1S/C21H23ClN3O3.C6H6N.CH3.Sb/c1-13-17(12-20(26)24-10-9-23)18-11-16(28-2)7-8-19(18)25(13)21(27)14-3-5-15(22)6-4-14;7-6-4-2-1-3-5-6;;/h3,5,7-8,11,23H,4,6,9-10,12H2,1-2H3,(H,24,26);2-5H,7H2;1H3;/q-1;;;+1. The number of carbonyl (C=O) groups excluding carboxylic acids is 2. The second-order valence-corrected chi connectivity index (χ2v) is 15.0. The van der Waals surface area contributed by atoms with Crippen LogP contribution in [0.25, 0.3) is 10.9 Å². The van der Waals surface area contributed by atoms with E-state index in [1.807, 2.05) is 37.3 Å². The van der Waals surface area contributed by atoms with Crippen LogP contribution >= 0.6 is 11.6 Å². The van der Waals surface area contributed by atoms with Gasteiger partial charge in [0.1, 0.15) is 0 Å². The molecule has 1 heterocycles. The van der Waals surface area contributed by atoms with Crippen LogP contribution in [0.15, 0.2) is 65.2 Å². The molecule has 37 heavy (non-hydrogen) atoms. The molecule has 1 aromatic heterocycles. The number of allylic oxidation sites excluding steroid dienone is 4. The van der Waals surface area contributed by atoms with Gasteiger partial charge in [0.25, 0.3) is 0 Å². The number of benzene rings is 2. The Kier molecular flexibility index (Phi) is 9.01. The zero-order valence-corrected chi connectivity index (χ0v) is 24.6. The van der Waals surface area contributed by atoms with Gasteiger partial charge < -0.3 is 0 Å². The molecule has 0 aliphatic heterocycles. The number of anilines is 1. The Labute approximate surface area is 230 Å². The van der Waals surface area contributed by atoms with Crippen molar-refractivity contribution < 1.29 is 14.3 Å². The van der Waals surface area contributed by atoms with Gasteiger partial charge in [0, 0.05) is 5.03 Å². The minimum absolute atomic E-state index is 0.0852. The first-order valence-corrected chi connectivity index (χ1v) is 17.6. The molecule has 0 saturated carbocycles. The van der Waals surface area contributed by atoms with Gasteiger partial charge in [-0.2, -0.15) is 0 Å². The molecule has 194 valence electrons. The molecule has 1 aliphatic rings. The summed E-state index contributed by atoms with van der Waals surface area (Å²) in [5, 5.41) is 4.61. The van der Waals surface area contributed by atoms with Crippen molar-refractivity contribution in [2.45, 2.75) is 31.1 Å². The van der Waals surface area contributed by atoms with Crippen molar-refractivity contribution in [2.24, 2.45) is 0 Å². The molecule has 0 saturated heterocycles. The Morgan fingerprint density at radius 2 is 1.86 bits per heavy atom. The van der Waals surface area contributed by atoms with Crippen molar-refractivity contribution in [1.29, 1.82) is 0 Å². The second-order valence-electron chi connectivity index (χ2n) is 8.98. The fraction of sp³-hybridized carbons (Fsp3) is 0.286. The summed E-state index contributed by atoms with van der Waals surface area (Å²) in [6.07, 6.45) is 4.98. The van der Waals surface area contributed by atoms with Gasteiger partial charge in [-0.25, -0.2) is 0 Å². The first kappa shape index (κ1) is 27.3. The molecule has 3 aromatic rings. The van der Waals surface area contributed by atoms with Gasteiger partial charge in [-0.1, -0.05) is 11.6 Å². The molecule has 0 fully saturated rings. The van der Waals surface area contributed by atoms with Crippen LogP contribution < -0.4 is 22.8 Å².